The van der Waals surface area contributed by atoms with Crippen LogP contribution in [0.4, 0.5) is 4.39 Å². The summed E-state index contributed by atoms with van der Waals surface area (Å²) in [6.07, 6.45) is 0. The second kappa shape index (κ2) is 7.35. The van der Waals surface area contributed by atoms with E-state index >= 15 is 0 Å². The third-order valence-corrected chi connectivity index (χ3v) is 2.47. The highest BCUT2D eigenvalue weighted by Crippen LogP contribution is 2.36. The highest BCUT2D eigenvalue weighted by Gasteiger charge is 2.11. The fraction of sp³-hybridized carbons (Fsp3) is 0.500. The molecule has 0 heterocycles. The van der Waals surface area contributed by atoms with E-state index in [4.69, 9.17) is 21.1 Å². The van der Waals surface area contributed by atoms with Gasteiger partial charge >= 0.3 is 0 Å². The van der Waals surface area contributed by atoms with E-state index < -0.39 is 6.67 Å². The topological polar surface area (TPSA) is 30.5 Å². The van der Waals surface area contributed by atoms with Crippen LogP contribution in [0.15, 0.2) is 12.1 Å². The lowest BCUT2D eigenvalue weighted by atomic mass is 10.2. The van der Waals surface area contributed by atoms with Gasteiger partial charge in [-0.2, -0.15) is 0 Å². The molecule has 96 valence electrons. The van der Waals surface area contributed by atoms with Crippen molar-refractivity contribution in [2.45, 2.75) is 13.5 Å². The van der Waals surface area contributed by atoms with E-state index in [1.807, 2.05) is 13.0 Å². The lowest BCUT2D eigenvalue weighted by Crippen LogP contribution is -2.12. The predicted molar refractivity (Wildman–Crippen MR) is 66.9 cm³/mol. The van der Waals surface area contributed by atoms with Gasteiger partial charge in [0.15, 0.2) is 11.5 Å². The maximum absolute atomic E-state index is 12.1. The van der Waals surface area contributed by atoms with Crippen LogP contribution in [-0.2, 0) is 6.54 Å². The van der Waals surface area contributed by atoms with Gasteiger partial charge in [-0.15, -0.1) is 0 Å². The van der Waals surface area contributed by atoms with Gasteiger partial charge in [0, 0.05) is 6.54 Å². The van der Waals surface area contributed by atoms with Crippen LogP contribution >= 0.6 is 11.6 Å². The fourth-order valence-electron chi connectivity index (χ4n) is 1.43. The monoisotopic (exact) mass is 261 g/mol. The van der Waals surface area contributed by atoms with Crippen molar-refractivity contribution in [1.82, 2.24) is 5.32 Å². The number of halogens is 2. The maximum atomic E-state index is 12.1. The van der Waals surface area contributed by atoms with E-state index in [1.165, 1.54) is 7.11 Å². The van der Waals surface area contributed by atoms with Gasteiger partial charge in [0.1, 0.15) is 13.3 Å². The molecule has 0 saturated carbocycles. The van der Waals surface area contributed by atoms with Crippen LogP contribution in [0, 0.1) is 0 Å². The van der Waals surface area contributed by atoms with Crippen molar-refractivity contribution in [3.8, 4) is 11.5 Å². The molecule has 1 N–H and O–H groups in total. The molecule has 1 aromatic rings. The quantitative estimate of drug-likeness (QED) is 0.819. The van der Waals surface area contributed by atoms with E-state index in [2.05, 4.69) is 5.32 Å². The minimum Gasteiger partial charge on any atom is -0.493 e. The first-order valence-corrected chi connectivity index (χ1v) is 5.86. The molecule has 0 amide bonds. The predicted octanol–water partition coefficient (Wildman–Crippen LogP) is 2.81. The van der Waals surface area contributed by atoms with Crippen molar-refractivity contribution < 1.29 is 13.9 Å². The van der Waals surface area contributed by atoms with Gasteiger partial charge in [-0.25, -0.2) is 4.39 Å². The molecule has 0 bridgehead atoms. The third-order valence-electron chi connectivity index (χ3n) is 2.19. The Balaban J connectivity index is 2.90. The summed E-state index contributed by atoms with van der Waals surface area (Å²) in [5, 5.41) is 3.63. The Morgan fingerprint density at radius 3 is 2.76 bits per heavy atom. The van der Waals surface area contributed by atoms with Gasteiger partial charge in [-0.1, -0.05) is 18.5 Å². The minimum atomic E-state index is -0.557. The molecule has 1 rings (SSSR count). The summed E-state index contributed by atoms with van der Waals surface area (Å²) in [6.45, 7) is 3.02. The van der Waals surface area contributed by atoms with Gasteiger partial charge in [-0.05, 0) is 24.2 Å². The standard InChI is InChI=1S/C12H17ClFNO2/c1-3-15-8-9-6-10(13)12(17-5-4-14)11(7-9)16-2/h6-7,15H,3-5,8H2,1-2H3. The Morgan fingerprint density at radius 1 is 1.41 bits per heavy atom. The summed E-state index contributed by atoms with van der Waals surface area (Å²) in [5.41, 5.74) is 1.00. The summed E-state index contributed by atoms with van der Waals surface area (Å²) in [4.78, 5) is 0. The molecule has 0 aliphatic heterocycles. The summed E-state index contributed by atoms with van der Waals surface area (Å²) in [7, 11) is 1.53. The van der Waals surface area contributed by atoms with Gasteiger partial charge in [0.2, 0.25) is 0 Å². The van der Waals surface area contributed by atoms with Gasteiger partial charge in [-0.3, -0.25) is 0 Å². The average Bonchev–Trinajstić information content (AvgIpc) is 2.34. The first-order valence-electron chi connectivity index (χ1n) is 5.48. The summed E-state index contributed by atoms with van der Waals surface area (Å²) in [6, 6.07) is 3.63. The highest BCUT2D eigenvalue weighted by atomic mass is 35.5. The van der Waals surface area contributed by atoms with Crippen LogP contribution in [-0.4, -0.2) is 26.9 Å². The molecule has 0 fully saturated rings. The molecule has 0 spiro atoms. The second-order valence-electron chi connectivity index (χ2n) is 3.43. The van der Waals surface area contributed by atoms with Crippen molar-refractivity contribution in [2.24, 2.45) is 0 Å². The van der Waals surface area contributed by atoms with Crippen molar-refractivity contribution in [3.05, 3.63) is 22.7 Å². The number of ether oxygens (including phenoxy) is 2. The second-order valence-corrected chi connectivity index (χ2v) is 3.83. The Labute approximate surface area is 106 Å². The zero-order chi connectivity index (χ0) is 12.7. The number of hydrogen-bond acceptors (Lipinski definition) is 3. The van der Waals surface area contributed by atoms with Crippen molar-refractivity contribution in [2.75, 3.05) is 26.9 Å². The number of benzene rings is 1. The van der Waals surface area contributed by atoms with Crippen molar-refractivity contribution in [3.63, 3.8) is 0 Å². The highest BCUT2D eigenvalue weighted by molar-refractivity contribution is 6.32. The smallest absolute Gasteiger partial charge is 0.179 e. The molecule has 0 aromatic heterocycles. The number of hydrogen-bond donors (Lipinski definition) is 1. The van der Waals surface area contributed by atoms with E-state index in [0.29, 0.717) is 23.1 Å². The summed E-state index contributed by atoms with van der Waals surface area (Å²) < 4.78 is 22.5. The molecule has 5 heteroatoms. The summed E-state index contributed by atoms with van der Waals surface area (Å²) >= 11 is 6.07. The van der Waals surface area contributed by atoms with Crippen molar-refractivity contribution in [1.29, 1.82) is 0 Å². The molecule has 0 atom stereocenters. The Bertz CT molecular complexity index is 361. The number of nitrogens with one attached hydrogen (secondary N) is 1. The van der Waals surface area contributed by atoms with Crippen LogP contribution in [0.2, 0.25) is 5.02 Å². The zero-order valence-corrected chi connectivity index (χ0v) is 10.8. The van der Waals surface area contributed by atoms with Gasteiger partial charge in [0.25, 0.3) is 0 Å². The van der Waals surface area contributed by atoms with E-state index in [1.54, 1.807) is 6.07 Å². The van der Waals surface area contributed by atoms with E-state index in [9.17, 15) is 4.39 Å². The van der Waals surface area contributed by atoms with Crippen LogP contribution < -0.4 is 14.8 Å². The molecule has 0 aliphatic carbocycles. The van der Waals surface area contributed by atoms with Crippen LogP contribution in [0.1, 0.15) is 12.5 Å². The molecule has 0 aliphatic rings. The Morgan fingerprint density at radius 2 is 2.18 bits per heavy atom. The Kier molecular flexibility index (Phi) is 6.08. The molecular weight excluding hydrogens is 245 g/mol. The number of alkyl halides is 1. The zero-order valence-electron chi connectivity index (χ0n) is 10.1. The maximum Gasteiger partial charge on any atom is 0.179 e. The lowest BCUT2D eigenvalue weighted by molar-refractivity contribution is 0.260. The normalized spacial score (nSPS) is 10.4. The number of rotatable bonds is 7. The first kappa shape index (κ1) is 14.1. The molecule has 17 heavy (non-hydrogen) atoms. The lowest BCUT2D eigenvalue weighted by Gasteiger charge is -2.13. The molecular formula is C12H17ClFNO2. The Hall–Kier alpha value is -1.00. The van der Waals surface area contributed by atoms with Gasteiger partial charge in [0.05, 0.1) is 12.1 Å². The largest absolute Gasteiger partial charge is 0.493 e. The molecule has 0 unspecified atom stereocenters. The third kappa shape index (κ3) is 4.06. The molecule has 0 saturated heterocycles. The van der Waals surface area contributed by atoms with Gasteiger partial charge < -0.3 is 14.8 Å². The van der Waals surface area contributed by atoms with Crippen LogP contribution in [0.25, 0.3) is 0 Å². The van der Waals surface area contributed by atoms with Crippen LogP contribution in [0.3, 0.4) is 0 Å². The number of methoxy groups -OCH3 is 1. The fourth-order valence-corrected chi connectivity index (χ4v) is 1.71. The molecule has 1 aromatic carbocycles. The molecule has 0 radical (unpaired) electrons. The van der Waals surface area contributed by atoms with Crippen molar-refractivity contribution >= 4 is 11.6 Å². The summed E-state index contributed by atoms with van der Waals surface area (Å²) in [5.74, 6) is 0.922. The van der Waals surface area contributed by atoms with E-state index in [-0.39, 0.29) is 6.61 Å². The average molecular weight is 262 g/mol. The SMILES string of the molecule is CCNCc1cc(Cl)c(OCCF)c(OC)c1. The first-order chi connectivity index (χ1) is 8.22. The molecule has 3 nitrogen and oxygen atoms in total. The minimum absolute atomic E-state index is 0.0252. The van der Waals surface area contributed by atoms with Crippen LogP contribution in [0.5, 0.6) is 11.5 Å². The van der Waals surface area contributed by atoms with E-state index in [0.717, 1.165) is 12.1 Å².